The summed E-state index contributed by atoms with van der Waals surface area (Å²) in [5.41, 5.74) is 1.36. The first-order chi connectivity index (χ1) is 9.26. The van der Waals surface area contributed by atoms with Crippen LogP contribution in [0.15, 0.2) is 36.0 Å². The smallest absolute Gasteiger partial charge is 0.254 e. The van der Waals surface area contributed by atoms with Crippen molar-refractivity contribution < 1.29 is 4.79 Å². The minimum atomic E-state index is -0.0769. The second-order valence-corrected chi connectivity index (χ2v) is 5.10. The number of hydrogen-bond donors (Lipinski definition) is 2. The highest BCUT2D eigenvalue weighted by Gasteiger charge is 2.16. The van der Waals surface area contributed by atoms with Crippen LogP contribution in [0, 0.1) is 0 Å². The van der Waals surface area contributed by atoms with Crippen LogP contribution in [0.5, 0.6) is 0 Å². The van der Waals surface area contributed by atoms with Crippen molar-refractivity contribution in [2.24, 2.45) is 0 Å². The molecule has 0 aliphatic carbocycles. The molecule has 2 heterocycles. The number of carbonyl (C=O) groups excluding carboxylic acids is 1. The summed E-state index contributed by atoms with van der Waals surface area (Å²) in [7, 11) is 1.78. The van der Waals surface area contributed by atoms with Gasteiger partial charge in [-0.15, -0.1) is 11.3 Å². The molecule has 5 heteroatoms. The maximum absolute atomic E-state index is 12.3. The summed E-state index contributed by atoms with van der Waals surface area (Å²) < 4.78 is 0. The first-order valence-electron chi connectivity index (χ1n) is 6.22. The summed E-state index contributed by atoms with van der Waals surface area (Å²) in [5, 5.41) is 8.07. The van der Waals surface area contributed by atoms with Gasteiger partial charge in [0, 0.05) is 18.1 Å². The summed E-state index contributed by atoms with van der Waals surface area (Å²) in [4.78, 5) is 17.5. The molecule has 0 saturated heterocycles. The summed E-state index contributed by atoms with van der Waals surface area (Å²) in [6.45, 7) is 2.07. The molecular weight excluding hydrogens is 258 g/mol. The first-order valence-corrected chi connectivity index (χ1v) is 7.10. The Morgan fingerprint density at radius 1 is 1.47 bits per heavy atom. The van der Waals surface area contributed by atoms with E-state index in [1.54, 1.807) is 36.8 Å². The first kappa shape index (κ1) is 13.5. The SMILES string of the molecule is CCC(NC(=O)c1ccncc1NC)c1cccs1. The van der Waals surface area contributed by atoms with E-state index in [0.29, 0.717) is 5.56 Å². The number of rotatable bonds is 5. The molecule has 0 aliphatic rings. The fourth-order valence-corrected chi connectivity index (χ4v) is 2.75. The quantitative estimate of drug-likeness (QED) is 0.881. The Labute approximate surface area is 116 Å². The van der Waals surface area contributed by atoms with Gasteiger partial charge in [-0.25, -0.2) is 0 Å². The molecule has 0 bridgehead atoms. The number of anilines is 1. The zero-order valence-corrected chi connectivity index (χ0v) is 11.8. The van der Waals surface area contributed by atoms with E-state index in [1.165, 1.54) is 4.88 Å². The van der Waals surface area contributed by atoms with Gasteiger partial charge in [0.25, 0.3) is 5.91 Å². The monoisotopic (exact) mass is 275 g/mol. The molecule has 19 heavy (non-hydrogen) atoms. The van der Waals surface area contributed by atoms with Crippen molar-refractivity contribution in [3.8, 4) is 0 Å². The Morgan fingerprint density at radius 3 is 2.95 bits per heavy atom. The lowest BCUT2D eigenvalue weighted by Gasteiger charge is -2.16. The number of carbonyl (C=O) groups is 1. The zero-order valence-electron chi connectivity index (χ0n) is 11.0. The highest BCUT2D eigenvalue weighted by molar-refractivity contribution is 7.10. The molecule has 1 atom stereocenters. The van der Waals surface area contributed by atoms with Gasteiger partial charge in [0.05, 0.1) is 23.5 Å². The fraction of sp³-hybridized carbons (Fsp3) is 0.286. The third-order valence-electron chi connectivity index (χ3n) is 2.94. The minimum Gasteiger partial charge on any atom is -0.386 e. The predicted molar refractivity (Wildman–Crippen MR) is 78.6 cm³/mol. The Bertz CT molecular complexity index is 539. The summed E-state index contributed by atoms with van der Waals surface area (Å²) >= 11 is 1.66. The Kier molecular flexibility index (Phi) is 4.52. The molecule has 2 rings (SSSR count). The number of amides is 1. The van der Waals surface area contributed by atoms with Crippen LogP contribution in [0.4, 0.5) is 5.69 Å². The van der Waals surface area contributed by atoms with Crippen molar-refractivity contribution >= 4 is 22.9 Å². The molecule has 0 radical (unpaired) electrons. The molecule has 1 amide bonds. The number of nitrogens with zero attached hydrogens (tertiary/aromatic N) is 1. The van der Waals surface area contributed by atoms with Crippen LogP contribution in [-0.2, 0) is 0 Å². The van der Waals surface area contributed by atoms with Crippen molar-refractivity contribution in [3.63, 3.8) is 0 Å². The molecule has 100 valence electrons. The van der Waals surface area contributed by atoms with Gasteiger partial charge in [-0.1, -0.05) is 13.0 Å². The van der Waals surface area contributed by atoms with Crippen LogP contribution in [0.3, 0.4) is 0 Å². The number of thiophene rings is 1. The normalized spacial score (nSPS) is 11.9. The van der Waals surface area contributed by atoms with Gasteiger partial charge in [0.15, 0.2) is 0 Å². The summed E-state index contributed by atoms with van der Waals surface area (Å²) in [6.07, 6.45) is 4.15. The standard InChI is InChI=1S/C14H17N3OS/c1-3-11(13-5-4-8-19-13)17-14(18)10-6-7-16-9-12(10)15-2/h4-9,11,15H,3H2,1-2H3,(H,17,18). The van der Waals surface area contributed by atoms with Crippen molar-refractivity contribution in [2.75, 3.05) is 12.4 Å². The van der Waals surface area contributed by atoms with Crippen LogP contribution < -0.4 is 10.6 Å². The summed E-state index contributed by atoms with van der Waals surface area (Å²) in [6, 6.07) is 5.83. The Balaban J connectivity index is 2.16. The zero-order chi connectivity index (χ0) is 13.7. The van der Waals surface area contributed by atoms with Gasteiger partial charge in [-0.2, -0.15) is 0 Å². The Hall–Kier alpha value is -1.88. The van der Waals surface area contributed by atoms with Crippen molar-refractivity contribution in [3.05, 3.63) is 46.4 Å². The van der Waals surface area contributed by atoms with E-state index in [-0.39, 0.29) is 11.9 Å². The molecule has 0 spiro atoms. The molecule has 1 unspecified atom stereocenters. The number of hydrogen-bond acceptors (Lipinski definition) is 4. The minimum absolute atomic E-state index is 0.0605. The van der Waals surface area contributed by atoms with Crippen LogP contribution in [0.2, 0.25) is 0 Å². The average molecular weight is 275 g/mol. The van der Waals surface area contributed by atoms with E-state index in [1.807, 2.05) is 17.5 Å². The highest BCUT2D eigenvalue weighted by Crippen LogP contribution is 2.23. The lowest BCUT2D eigenvalue weighted by Crippen LogP contribution is -2.28. The number of aromatic nitrogens is 1. The number of nitrogens with one attached hydrogen (secondary N) is 2. The maximum atomic E-state index is 12.3. The van der Waals surface area contributed by atoms with Crippen molar-refractivity contribution in [1.82, 2.24) is 10.3 Å². The third kappa shape index (κ3) is 3.12. The van der Waals surface area contributed by atoms with Gasteiger partial charge in [0.1, 0.15) is 0 Å². The van der Waals surface area contributed by atoms with E-state index in [9.17, 15) is 4.79 Å². The summed E-state index contributed by atoms with van der Waals surface area (Å²) in [5.74, 6) is -0.0769. The van der Waals surface area contributed by atoms with Crippen LogP contribution >= 0.6 is 11.3 Å². The van der Waals surface area contributed by atoms with E-state index in [0.717, 1.165) is 12.1 Å². The molecule has 0 aromatic carbocycles. The molecule has 2 aromatic rings. The van der Waals surface area contributed by atoms with Gasteiger partial charge >= 0.3 is 0 Å². The van der Waals surface area contributed by atoms with Gasteiger partial charge in [-0.05, 0) is 23.9 Å². The van der Waals surface area contributed by atoms with E-state index in [2.05, 4.69) is 22.5 Å². The van der Waals surface area contributed by atoms with E-state index < -0.39 is 0 Å². The lowest BCUT2D eigenvalue weighted by atomic mass is 10.1. The fourth-order valence-electron chi connectivity index (χ4n) is 1.89. The highest BCUT2D eigenvalue weighted by atomic mass is 32.1. The molecule has 2 aromatic heterocycles. The maximum Gasteiger partial charge on any atom is 0.254 e. The molecule has 0 fully saturated rings. The van der Waals surface area contributed by atoms with Gasteiger partial charge in [-0.3, -0.25) is 9.78 Å². The second kappa shape index (κ2) is 6.33. The third-order valence-corrected chi connectivity index (χ3v) is 3.92. The van der Waals surface area contributed by atoms with Gasteiger partial charge in [0.2, 0.25) is 0 Å². The van der Waals surface area contributed by atoms with Crippen molar-refractivity contribution in [2.45, 2.75) is 19.4 Å². The van der Waals surface area contributed by atoms with Gasteiger partial charge < -0.3 is 10.6 Å². The largest absolute Gasteiger partial charge is 0.386 e. The van der Waals surface area contributed by atoms with Crippen molar-refractivity contribution in [1.29, 1.82) is 0 Å². The van der Waals surface area contributed by atoms with E-state index in [4.69, 9.17) is 0 Å². The molecule has 0 saturated carbocycles. The van der Waals surface area contributed by atoms with Crippen LogP contribution in [-0.4, -0.2) is 17.9 Å². The molecular formula is C14H17N3OS. The van der Waals surface area contributed by atoms with Crippen LogP contribution in [0.25, 0.3) is 0 Å². The topological polar surface area (TPSA) is 54.0 Å². The molecule has 0 aliphatic heterocycles. The molecule has 2 N–H and O–H groups in total. The van der Waals surface area contributed by atoms with Crippen LogP contribution in [0.1, 0.15) is 34.6 Å². The van der Waals surface area contributed by atoms with E-state index >= 15 is 0 Å². The predicted octanol–water partition coefficient (Wildman–Crippen LogP) is 3.07. The lowest BCUT2D eigenvalue weighted by molar-refractivity contribution is 0.0937. The second-order valence-electron chi connectivity index (χ2n) is 4.12. The number of pyridine rings is 1. The molecule has 4 nitrogen and oxygen atoms in total. The average Bonchev–Trinajstić information content (AvgIpc) is 2.98. The Morgan fingerprint density at radius 2 is 2.32 bits per heavy atom.